The average Bonchev–Trinajstić information content (AvgIpc) is 3.93. The van der Waals surface area contributed by atoms with Gasteiger partial charge in [-0.1, -0.05) is 182 Å². The van der Waals surface area contributed by atoms with Crippen molar-refractivity contribution in [2.75, 3.05) is 4.90 Å². The topological polar surface area (TPSA) is 16.4 Å². The highest BCUT2D eigenvalue weighted by Crippen LogP contribution is 2.49. The maximum Gasteiger partial charge on any atom is 0.143 e. The van der Waals surface area contributed by atoms with E-state index in [4.69, 9.17) is 4.42 Å². The van der Waals surface area contributed by atoms with E-state index in [1.54, 1.807) is 0 Å². The van der Waals surface area contributed by atoms with Crippen LogP contribution in [0.4, 0.5) is 17.1 Å². The molecule has 0 aliphatic rings. The zero-order chi connectivity index (χ0) is 41.7. The molecular weight excluding hydrogens is 783 g/mol. The van der Waals surface area contributed by atoms with Crippen molar-refractivity contribution < 1.29 is 4.42 Å². The quantitative estimate of drug-likeness (QED) is 0.152. The van der Waals surface area contributed by atoms with Gasteiger partial charge in [-0.05, 0) is 99.1 Å². The molecule has 0 atom stereocenters. The van der Waals surface area contributed by atoms with Gasteiger partial charge in [0, 0.05) is 53.4 Å². The highest BCUT2D eigenvalue weighted by atomic mass is 32.1. The van der Waals surface area contributed by atoms with E-state index >= 15 is 0 Å². The van der Waals surface area contributed by atoms with Gasteiger partial charge in [0.25, 0.3) is 0 Å². The van der Waals surface area contributed by atoms with Crippen LogP contribution in [0.15, 0.2) is 241 Å². The fraction of sp³-hybridized carbons (Fsp3) is 0. The van der Waals surface area contributed by atoms with Crippen molar-refractivity contribution in [1.82, 2.24) is 0 Å². The van der Waals surface area contributed by atoms with Crippen LogP contribution in [0.5, 0.6) is 0 Å². The van der Waals surface area contributed by atoms with Crippen molar-refractivity contribution in [2.24, 2.45) is 0 Å². The Morgan fingerprint density at radius 3 is 1.73 bits per heavy atom. The van der Waals surface area contributed by atoms with Gasteiger partial charge in [-0.25, -0.2) is 0 Å². The molecule has 0 N–H and O–H groups in total. The molecule has 0 spiro atoms. The van der Waals surface area contributed by atoms with Crippen LogP contribution < -0.4 is 4.90 Å². The number of benzene rings is 10. The standard InChI is InChI=1S/C60H39NOS/c1-3-16-41(17-4-1)47-22-7-8-25-52(47)59-48(42-18-5-2-6-19-42)26-15-29-55(59)61(45-35-32-40(33-36-45)43-34-37-58-54(39-43)51-24-10-12-31-57(51)63-58)46-21-13-20-44(38-46)49-27-14-28-53-50-23-9-11-30-56(50)62-60(49)53/h1-39H. The van der Waals surface area contributed by atoms with Gasteiger partial charge in [0.1, 0.15) is 11.2 Å². The van der Waals surface area contributed by atoms with Gasteiger partial charge in [0.15, 0.2) is 0 Å². The summed E-state index contributed by atoms with van der Waals surface area (Å²) in [5, 5.41) is 4.85. The lowest BCUT2D eigenvalue weighted by atomic mass is 9.87. The second-order valence-electron chi connectivity index (χ2n) is 16.0. The number of fused-ring (bicyclic) bond motifs is 6. The molecule has 0 radical (unpaired) electrons. The lowest BCUT2D eigenvalue weighted by Crippen LogP contribution is -2.12. The minimum atomic E-state index is 0.892. The maximum atomic E-state index is 6.59. The summed E-state index contributed by atoms with van der Waals surface area (Å²) in [5.74, 6) is 0. The molecule has 0 aliphatic heterocycles. The molecule has 12 aromatic rings. The molecule has 0 fully saturated rings. The number of anilines is 3. The Labute approximate surface area is 370 Å². The first-order chi connectivity index (χ1) is 31.2. The Morgan fingerprint density at radius 2 is 0.905 bits per heavy atom. The van der Waals surface area contributed by atoms with Crippen molar-refractivity contribution in [1.29, 1.82) is 0 Å². The molecule has 0 bridgehead atoms. The minimum absolute atomic E-state index is 0.892. The Morgan fingerprint density at radius 1 is 0.317 bits per heavy atom. The van der Waals surface area contributed by atoms with E-state index in [1.807, 2.05) is 17.4 Å². The van der Waals surface area contributed by atoms with Gasteiger partial charge in [-0.15, -0.1) is 11.3 Å². The van der Waals surface area contributed by atoms with Gasteiger partial charge in [-0.3, -0.25) is 0 Å². The smallest absolute Gasteiger partial charge is 0.143 e. The predicted octanol–water partition coefficient (Wildman–Crippen LogP) is 17.8. The number of nitrogens with zero attached hydrogens (tertiary/aromatic N) is 1. The molecule has 0 unspecified atom stereocenters. The summed E-state index contributed by atoms with van der Waals surface area (Å²) in [4.78, 5) is 2.44. The first-order valence-corrected chi connectivity index (χ1v) is 22.2. The van der Waals surface area contributed by atoms with Gasteiger partial charge >= 0.3 is 0 Å². The van der Waals surface area contributed by atoms with Crippen molar-refractivity contribution in [3.8, 4) is 55.6 Å². The second-order valence-corrected chi connectivity index (χ2v) is 17.1. The molecule has 12 rings (SSSR count). The SMILES string of the molecule is c1ccc(-c2ccccc2-c2c(-c3ccccc3)cccc2N(c2ccc(-c3ccc4sc5ccccc5c4c3)cc2)c2cccc(-c3cccc4c3oc3ccccc34)c2)cc1. The molecule has 2 heterocycles. The predicted molar refractivity (Wildman–Crippen MR) is 268 cm³/mol. The van der Waals surface area contributed by atoms with E-state index in [9.17, 15) is 0 Å². The summed E-state index contributed by atoms with van der Waals surface area (Å²) in [6.07, 6.45) is 0. The van der Waals surface area contributed by atoms with Gasteiger partial charge < -0.3 is 9.32 Å². The van der Waals surface area contributed by atoms with Crippen LogP contribution in [0, 0.1) is 0 Å². The summed E-state index contributed by atoms with van der Waals surface area (Å²) in [5.41, 5.74) is 16.5. The third-order valence-corrected chi connectivity index (χ3v) is 13.5. The Hall–Kier alpha value is -7.98. The number of thiophene rings is 1. The fourth-order valence-electron chi connectivity index (χ4n) is 9.36. The number of hydrogen-bond donors (Lipinski definition) is 0. The van der Waals surface area contributed by atoms with Crippen LogP contribution in [-0.2, 0) is 0 Å². The third kappa shape index (κ3) is 6.50. The zero-order valence-electron chi connectivity index (χ0n) is 34.3. The van der Waals surface area contributed by atoms with E-state index in [2.05, 4.69) is 235 Å². The molecule has 0 saturated carbocycles. The van der Waals surface area contributed by atoms with Crippen LogP contribution in [0.25, 0.3) is 97.7 Å². The monoisotopic (exact) mass is 821 g/mol. The van der Waals surface area contributed by atoms with Crippen LogP contribution in [-0.4, -0.2) is 0 Å². The lowest BCUT2D eigenvalue weighted by Gasteiger charge is -2.30. The summed E-state index contributed by atoms with van der Waals surface area (Å²) < 4.78 is 9.22. The molecule has 2 nitrogen and oxygen atoms in total. The largest absolute Gasteiger partial charge is 0.455 e. The van der Waals surface area contributed by atoms with Crippen LogP contribution in [0.3, 0.4) is 0 Å². The Kier molecular flexibility index (Phi) is 9.06. The molecule has 63 heavy (non-hydrogen) atoms. The van der Waals surface area contributed by atoms with E-state index in [0.717, 1.165) is 66.8 Å². The minimum Gasteiger partial charge on any atom is -0.455 e. The van der Waals surface area contributed by atoms with Gasteiger partial charge in [-0.2, -0.15) is 0 Å². The molecule has 3 heteroatoms. The van der Waals surface area contributed by atoms with Crippen molar-refractivity contribution in [3.05, 3.63) is 237 Å². The molecular formula is C60H39NOS. The Balaban J connectivity index is 1.08. The number of hydrogen-bond acceptors (Lipinski definition) is 3. The van der Waals surface area contributed by atoms with Crippen molar-refractivity contribution in [3.63, 3.8) is 0 Å². The molecule has 0 amide bonds. The van der Waals surface area contributed by atoms with E-state index in [-0.39, 0.29) is 0 Å². The normalized spacial score (nSPS) is 11.5. The summed E-state index contributed by atoms with van der Waals surface area (Å²) in [6, 6.07) is 85.5. The van der Waals surface area contributed by atoms with Crippen molar-refractivity contribution in [2.45, 2.75) is 0 Å². The average molecular weight is 822 g/mol. The van der Waals surface area contributed by atoms with Gasteiger partial charge in [0.05, 0.1) is 5.69 Å². The van der Waals surface area contributed by atoms with Crippen LogP contribution >= 0.6 is 11.3 Å². The first-order valence-electron chi connectivity index (χ1n) is 21.4. The maximum absolute atomic E-state index is 6.59. The lowest BCUT2D eigenvalue weighted by molar-refractivity contribution is 0.670. The van der Waals surface area contributed by atoms with Crippen LogP contribution in [0.2, 0.25) is 0 Å². The molecule has 0 saturated heterocycles. The van der Waals surface area contributed by atoms with Crippen molar-refractivity contribution >= 4 is 70.5 Å². The first kappa shape index (κ1) is 36.8. The summed E-state index contributed by atoms with van der Waals surface area (Å²) in [7, 11) is 0. The fourth-order valence-corrected chi connectivity index (χ4v) is 10.4. The number of para-hydroxylation sites is 2. The molecule has 0 aliphatic carbocycles. The van der Waals surface area contributed by atoms with Gasteiger partial charge in [0.2, 0.25) is 0 Å². The second kappa shape index (κ2) is 15.5. The zero-order valence-corrected chi connectivity index (χ0v) is 35.1. The summed E-state index contributed by atoms with van der Waals surface area (Å²) in [6.45, 7) is 0. The molecule has 296 valence electrons. The molecule has 10 aromatic carbocycles. The van der Waals surface area contributed by atoms with Crippen LogP contribution in [0.1, 0.15) is 0 Å². The van der Waals surface area contributed by atoms with E-state index < -0.39 is 0 Å². The molecule has 2 aromatic heterocycles. The van der Waals surface area contributed by atoms with E-state index in [1.165, 1.54) is 48.0 Å². The highest BCUT2D eigenvalue weighted by Gasteiger charge is 2.24. The Bertz CT molecular complexity index is 3620. The third-order valence-electron chi connectivity index (χ3n) is 12.3. The summed E-state index contributed by atoms with van der Waals surface area (Å²) >= 11 is 1.85. The highest BCUT2D eigenvalue weighted by molar-refractivity contribution is 7.25. The number of rotatable bonds is 8. The van der Waals surface area contributed by atoms with E-state index in [0.29, 0.717) is 0 Å². The number of furan rings is 1.